The molecule has 20 heavy (non-hydrogen) atoms. The van der Waals surface area contributed by atoms with Gasteiger partial charge in [-0.1, -0.05) is 6.92 Å². The van der Waals surface area contributed by atoms with Crippen molar-refractivity contribution < 1.29 is 4.79 Å². The second-order valence-corrected chi connectivity index (χ2v) is 5.49. The Labute approximate surface area is 121 Å². The highest BCUT2D eigenvalue weighted by Gasteiger charge is 2.21. The monoisotopic (exact) mass is 275 g/mol. The normalized spacial score (nSPS) is 19.6. The summed E-state index contributed by atoms with van der Waals surface area (Å²) in [5.41, 5.74) is 2.82. The number of hydrogen-bond acceptors (Lipinski definition) is 3. The summed E-state index contributed by atoms with van der Waals surface area (Å²) in [6.07, 6.45) is 2.24. The molecule has 1 unspecified atom stereocenters. The number of amides is 1. The number of carbonyl (C=O) groups is 1. The average Bonchev–Trinajstić information content (AvgIpc) is 2.47. The van der Waals surface area contributed by atoms with Gasteiger partial charge in [0.2, 0.25) is 0 Å². The van der Waals surface area contributed by atoms with Crippen LogP contribution in [0, 0.1) is 6.92 Å². The first kappa shape index (κ1) is 14.9. The SMILES string of the molecule is CCN1CCCC(NC(=O)c2ccc(NC)cc2C)C1. The highest BCUT2D eigenvalue weighted by Crippen LogP contribution is 2.16. The Morgan fingerprint density at radius 3 is 2.90 bits per heavy atom. The molecule has 4 nitrogen and oxygen atoms in total. The second-order valence-electron chi connectivity index (χ2n) is 5.49. The van der Waals surface area contributed by atoms with Crippen LogP contribution in [0.3, 0.4) is 0 Å². The van der Waals surface area contributed by atoms with Gasteiger partial charge in [-0.25, -0.2) is 0 Å². The molecule has 0 radical (unpaired) electrons. The third kappa shape index (κ3) is 3.51. The maximum Gasteiger partial charge on any atom is 0.251 e. The van der Waals surface area contributed by atoms with Gasteiger partial charge in [-0.05, 0) is 56.6 Å². The Balaban J connectivity index is 2.01. The fourth-order valence-corrected chi connectivity index (χ4v) is 2.80. The van der Waals surface area contributed by atoms with Crippen molar-refractivity contribution >= 4 is 11.6 Å². The lowest BCUT2D eigenvalue weighted by atomic mass is 10.0. The molecule has 4 heteroatoms. The third-order valence-corrected chi connectivity index (χ3v) is 4.05. The van der Waals surface area contributed by atoms with Crippen molar-refractivity contribution in [3.8, 4) is 0 Å². The fourth-order valence-electron chi connectivity index (χ4n) is 2.80. The molecule has 2 rings (SSSR count). The van der Waals surface area contributed by atoms with E-state index in [1.165, 1.54) is 0 Å². The van der Waals surface area contributed by atoms with E-state index >= 15 is 0 Å². The van der Waals surface area contributed by atoms with Gasteiger partial charge in [0.25, 0.3) is 5.91 Å². The van der Waals surface area contributed by atoms with E-state index in [0.29, 0.717) is 0 Å². The molecule has 1 amide bonds. The molecule has 1 heterocycles. The molecule has 0 saturated carbocycles. The van der Waals surface area contributed by atoms with E-state index in [9.17, 15) is 4.79 Å². The Bertz CT molecular complexity index is 473. The molecule has 0 aromatic heterocycles. The lowest BCUT2D eigenvalue weighted by molar-refractivity contribution is 0.0905. The topological polar surface area (TPSA) is 44.4 Å². The molecular formula is C16H25N3O. The molecule has 1 atom stereocenters. The van der Waals surface area contributed by atoms with Gasteiger partial charge in [-0.15, -0.1) is 0 Å². The van der Waals surface area contributed by atoms with E-state index in [0.717, 1.165) is 49.3 Å². The molecule has 0 bridgehead atoms. The molecule has 110 valence electrons. The minimum atomic E-state index is 0.0492. The highest BCUT2D eigenvalue weighted by molar-refractivity contribution is 5.96. The highest BCUT2D eigenvalue weighted by atomic mass is 16.1. The number of anilines is 1. The van der Waals surface area contributed by atoms with Crippen molar-refractivity contribution in [1.29, 1.82) is 0 Å². The van der Waals surface area contributed by atoms with Crippen molar-refractivity contribution in [3.63, 3.8) is 0 Å². The molecule has 1 aliphatic rings. The van der Waals surface area contributed by atoms with Gasteiger partial charge < -0.3 is 15.5 Å². The predicted molar refractivity (Wildman–Crippen MR) is 83.3 cm³/mol. The van der Waals surface area contributed by atoms with Gasteiger partial charge in [0.15, 0.2) is 0 Å². The molecule has 1 aromatic carbocycles. The lowest BCUT2D eigenvalue weighted by Crippen LogP contribution is -2.47. The molecule has 2 N–H and O–H groups in total. The van der Waals surface area contributed by atoms with Crippen LogP contribution < -0.4 is 10.6 Å². The van der Waals surface area contributed by atoms with Crippen LogP contribution in [0.5, 0.6) is 0 Å². The van der Waals surface area contributed by atoms with E-state index in [-0.39, 0.29) is 11.9 Å². The maximum atomic E-state index is 12.4. The summed E-state index contributed by atoms with van der Waals surface area (Å²) in [6, 6.07) is 6.13. The summed E-state index contributed by atoms with van der Waals surface area (Å²) in [5.74, 6) is 0.0492. The van der Waals surface area contributed by atoms with Crippen molar-refractivity contribution in [2.24, 2.45) is 0 Å². The van der Waals surface area contributed by atoms with Crippen LogP contribution in [0.1, 0.15) is 35.7 Å². The summed E-state index contributed by atoms with van der Waals surface area (Å²) in [5, 5.41) is 6.27. The van der Waals surface area contributed by atoms with Crippen LogP contribution in [0.25, 0.3) is 0 Å². The Hall–Kier alpha value is -1.55. The predicted octanol–water partition coefficient (Wildman–Crippen LogP) is 2.25. The zero-order chi connectivity index (χ0) is 14.5. The number of piperidine rings is 1. The molecule has 1 fully saturated rings. The third-order valence-electron chi connectivity index (χ3n) is 4.05. The number of rotatable bonds is 4. The van der Waals surface area contributed by atoms with Gasteiger partial charge in [0, 0.05) is 30.9 Å². The minimum Gasteiger partial charge on any atom is -0.388 e. The largest absolute Gasteiger partial charge is 0.388 e. The Morgan fingerprint density at radius 2 is 2.25 bits per heavy atom. The van der Waals surface area contributed by atoms with Crippen molar-refractivity contribution in [1.82, 2.24) is 10.2 Å². The van der Waals surface area contributed by atoms with Gasteiger partial charge in [-0.3, -0.25) is 4.79 Å². The minimum absolute atomic E-state index is 0.0492. The zero-order valence-electron chi connectivity index (χ0n) is 12.7. The fraction of sp³-hybridized carbons (Fsp3) is 0.562. The van der Waals surface area contributed by atoms with E-state index in [1.807, 2.05) is 32.2 Å². The van der Waals surface area contributed by atoms with Crippen LogP contribution in [0.2, 0.25) is 0 Å². The average molecular weight is 275 g/mol. The van der Waals surface area contributed by atoms with Crippen molar-refractivity contribution in [2.45, 2.75) is 32.7 Å². The first-order valence-electron chi connectivity index (χ1n) is 7.45. The van der Waals surface area contributed by atoms with Crippen LogP contribution in [0.4, 0.5) is 5.69 Å². The van der Waals surface area contributed by atoms with Gasteiger partial charge in [0.05, 0.1) is 0 Å². The molecule has 0 spiro atoms. The van der Waals surface area contributed by atoms with Crippen LogP contribution in [-0.2, 0) is 0 Å². The van der Waals surface area contributed by atoms with Gasteiger partial charge in [-0.2, -0.15) is 0 Å². The number of carbonyl (C=O) groups excluding carboxylic acids is 1. The summed E-state index contributed by atoms with van der Waals surface area (Å²) < 4.78 is 0. The standard InChI is InChI=1S/C16H25N3O/c1-4-19-9-5-6-14(11-19)18-16(20)15-8-7-13(17-3)10-12(15)2/h7-8,10,14,17H,4-6,9,11H2,1-3H3,(H,18,20). The van der Waals surface area contributed by atoms with Crippen molar-refractivity contribution in [3.05, 3.63) is 29.3 Å². The summed E-state index contributed by atoms with van der Waals surface area (Å²) in [4.78, 5) is 14.8. The van der Waals surface area contributed by atoms with Crippen molar-refractivity contribution in [2.75, 3.05) is 32.0 Å². The summed E-state index contributed by atoms with van der Waals surface area (Å²) >= 11 is 0. The second kappa shape index (κ2) is 6.75. The first-order valence-corrected chi connectivity index (χ1v) is 7.45. The maximum absolute atomic E-state index is 12.4. The van der Waals surface area contributed by atoms with E-state index in [1.54, 1.807) is 0 Å². The molecule has 1 saturated heterocycles. The van der Waals surface area contributed by atoms with E-state index in [4.69, 9.17) is 0 Å². The number of nitrogens with one attached hydrogen (secondary N) is 2. The number of benzene rings is 1. The van der Waals surface area contributed by atoms with Gasteiger partial charge >= 0.3 is 0 Å². The van der Waals surface area contributed by atoms with Crippen LogP contribution in [0.15, 0.2) is 18.2 Å². The Morgan fingerprint density at radius 1 is 1.45 bits per heavy atom. The van der Waals surface area contributed by atoms with Crippen LogP contribution in [-0.4, -0.2) is 43.5 Å². The molecule has 1 aromatic rings. The number of nitrogens with zero attached hydrogens (tertiary/aromatic N) is 1. The smallest absolute Gasteiger partial charge is 0.251 e. The molecular weight excluding hydrogens is 250 g/mol. The first-order chi connectivity index (χ1) is 9.63. The molecule has 0 aliphatic carbocycles. The number of likely N-dealkylation sites (tertiary alicyclic amines) is 1. The van der Waals surface area contributed by atoms with Crippen LogP contribution >= 0.6 is 0 Å². The summed E-state index contributed by atoms with van der Waals surface area (Å²) in [6.45, 7) is 7.33. The van der Waals surface area contributed by atoms with Gasteiger partial charge in [0.1, 0.15) is 0 Å². The number of hydrogen-bond donors (Lipinski definition) is 2. The zero-order valence-corrected chi connectivity index (χ0v) is 12.7. The quantitative estimate of drug-likeness (QED) is 0.886. The van der Waals surface area contributed by atoms with E-state index < -0.39 is 0 Å². The number of aryl methyl sites for hydroxylation is 1. The molecule has 1 aliphatic heterocycles. The Kier molecular flexibility index (Phi) is 5.01. The lowest BCUT2D eigenvalue weighted by Gasteiger charge is -2.32. The number of likely N-dealkylation sites (N-methyl/N-ethyl adjacent to an activating group) is 1. The van der Waals surface area contributed by atoms with E-state index in [2.05, 4.69) is 22.5 Å². The summed E-state index contributed by atoms with van der Waals surface area (Å²) in [7, 11) is 1.88.